The number of nitro groups is 1. The molecule has 0 radical (unpaired) electrons. The molecule has 1 N–H and O–H groups in total. The number of hydrogen-bond donors (Lipinski definition) is 1. The van der Waals surface area contributed by atoms with E-state index in [1.807, 2.05) is 60.7 Å². The molecular weight excluding hydrogens is 328 g/mol. The molecule has 1 heterocycles. The molecule has 0 bridgehead atoms. The number of nitro benzene ring substituents is 1. The molecule has 0 saturated carbocycles. The molecule has 128 valence electrons. The van der Waals surface area contributed by atoms with Gasteiger partial charge in [0.25, 0.3) is 5.69 Å². The Kier molecular flexibility index (Phi) is 4.11. The summed E-state index contributed by atoms with van der Waals surface area (Å²) >= 11 is 0. The van der Waals surface area contributed by atoms with Gasteiger partial charge < -0.3 is 9.73 Å². The highest BCUT2D eigenvalue weighted by molar-refractivity contribution is 5.93. The summed E-state index contributed by atoms with van der Waals surface area (Å²) in [6.45, 7) is 0.579. The van der Waals surface area contributed by atoms with E-state index in [1.54, 1.807) is 18.2 Å². The lowest BCUT2D eigenvalue weighted by atomic mass is 10.1. The second kappa shape index (κ2) is 6.72. The van der Waals surface area contributed by atoms with Crippen molar-refractivity contribution in [1.29, 1.82) is 0 Å². The summed E-state index contributed by atoms with van der Waals surface area (Å²) < 4.78 is 5.89. The van der Waals surface area contributed by atoms with Crippen molar-refractivity contribution in [3.63, 3.8) is 0 Å². The lowest BCUT2D eigenvalue weighted by molar-refractivity contribution is -0.383. The molecule has 1 aromatic heterocycles. The Morgan fingerprint density at radius 3 is 2.31 bits per heavy atom. The van der Waals surface area contributed by atoms with E-state index in [1.165, 1.54) is 0 Å². The first kappa shape index (κ1) is 15.9. The van der Waals surface area contributed by atoms with Crippen LogP contribution in [0.25, 0.3) is 22.3 Å². The number of non-ortho nitro benzene ring substituents is 1. The van der Waals surface area contributed by atoms with Gasteiger partial charge in [-0.25, -0.2) is 0 Å². The number of furan rings is 1. The molecule has 3 aromatic carbocycles. The molecule has 0 aliphatic carbocycles. The molecule has 0 atom stereocenters. The Morgan fingerprint density at radius 2 is 1.62 bits per heavy atom. The van der Waals surface area contributed by atoms with Crippen molar-refractivity contribution in [1.82, 2.24) is 0 Å². The predicted molar refractivity (Wildman–Crippen MR) is 102 cm³/mol. The summed E-state index contributed by atoms with van der Waals surface area (Å²) in [6.07, 6.45) is 0. The van der Waals surface area contributed by atoms with E-state index in [-0.39, 0.29) is 10.6 Å². The zero-order valence-corrected chi connectivity index (χ0v) is 13.9. The zero-order chi connectivity index (χ0) is 17.9. The van der Waals surface area contributed by atoms with E-state index in [0.717, 1.165) is 11.1 Å². The molecule has 0 unspecified atom stereocenters. The van der Waals surface area contributed by atoms with Crippen molar-refractivity contribution in [3.8, 4) is 11.3 Å². The Morgan fingerprint density at radius 1 is 0.923 bits per heavy atom. The molecule has 0 aliphatic heterocycles. The first-order valence-corrected chi connectivity index (χ1v) is 8.26. The fourth-order valence-corrected chi connectivity index (χ4v) is 2.92. The van der Waals surface area contributed by atoms with Gasteiger partial charge in [-0.1, -0.05) is 60.7 Å². The van der Waals surface area contributed by atoms with Crippen LogP contribution in [0.1, 0.15) is 5.56 Å². The topological polar surface area (TPSA) is 68.3 Å². The fourth-order valence-electron chi connectivity index (χ4n) is 2.92. The van der Waals surface area contributed by atoms with E-state index >= 15 is 0 Å². The summed E-state index contributed by atoms with van der Waals surface area (Å²) in [7, 11) is 0. The van der Waals surface area contributed by atoms with E-state index in [2.05, 4.69) is 5.32 Å². The van der Waals surface area contributed by atoms with Gasteiger partial charge >= 0.3 is 0 Å². The van der Waals surface area contributed by atoms with Gasteiger partial charge in [0.05, 0.1) is 10.3 Å². The number of fused-ring (bicyclic) bond motifs is 1. The van der Waals surface area contributed by atoms with E-state index < -0.39 is 0 Å². The van der Waals surface area contributed by atoms with Gasteiger partial charge in [-0.3, -0.25) is 10.1 Å². The van der Waals surface area contributed by atoms with Gasteiger partial charge in [-0.2, -0.15) is 0 Å². The summed E-state index contributed by atoms with van der Waals surface area (Å²) in [5.41, 5.74) is 3.16. The summed E-state index contributed by atoms with van der Waals surface area (Å²) in [5, 5.41) is 15.3. The fraction of sp³-hybridized carbons (Fsp3) is 0.0476. The normalized spacial score (nSPS) is 10.8. The van der Waals surface area contributed by atoms with Crippen molar-refractivity contribution in [2.45, 2.75) is 6.54 Å². The molecular formula is C21H16N2O3. The minimum atomic E-state index is -0.375. The van der Waals surface area contributed by atoms with Crippen LogP contribution in [0.5, 0.6) is 0 Å². The highest BCUT2D eigenvalue weighted by Crippen LogP contribution is 2.36. The van der Waals surface area contributed by atoms with Gasteiger partial charge in [-0.15, -0.1) is 0 Å². The quantitative estimate of drug-likeness (QED) is 0.377. The predicted octanol–water partition coefficient (Wildman–Crippen LogP) is 5.62. The molecule has 0 aliphatic rings. The molecule has 5 nitrogen and oxygen atoms in total. The van der Waals surface area contributed by atoms with E-state index in [4.69, 9.17) is 4.42 Å². The molecule has 5 heteroatoms. The highest BCUT2D eigenvalue weighted by Gasteiger charge is 2.18. The van der Waals surface area contributed by atoms with Gasteiger partial charge in [0, 0.05) is 29.9 Å². The van der Waals surface area contributed by atoms with Crippen molar-refractivity contribution in [2.75, 3.05) is 5.32 Å². The maximum atomic E-state index is 11.5. The van der Waals surface area contributed by atoms with Gasteiger partial charge in [0.15, 0.2) is 0 Å². The Labute approximate surface area is 150 Å². The Balaban J connectivity index is 1.72. The number of benzene rings is 3. The molecule has 26 heavy (non-hydrogen) atoms. The Hall–Kier alpha value is -3.60. The average Bonchev–Trinajstić information content (AvgIpc) is 3.11. The molecule has 0 spiro atoms. The maximum Gasteiger partial charge on any atom is 0.282 e. The first-order chi connectivity index (χ1) is 12.7. The number of rotatable bonds is 5. The number of nitrogens with zero attached hydrogens (tertiary/aromatic N) is 1. The third kappa shape index (κ3) is 3.15. The van der Waals surface area contributed by atoms with Crippen molar-refractivity contribution in [3.05, 3.63) is 94.5 Å². The van der Waals surface area contributed by atoms with Gasteiger partial charge in [0.1, 0.15) is 11.3 Å². The van der Waals surface area contributed by atoms with Crippen LogP contribution in [0, 0.1) is 10.1 Å². The van der Waals surface area contributed by atoms with Crippen LogP contribution in [0.4, 0.5) is 11.4 Å². The monoisotopic (exact) mass is 344 g/mol. The number of anilines is 1. The SMILES string of the molecule is O=[N+]([O-])c1cc(NCc2ccccc2)cc2oc(-c3ccccc3)cc12. The third-order valence-electron chi connectivity index (χ3n) is 4.21. The van der Waals surface area contributed by atoms with Crippen LogP contribution >= 0.6 is 0 Å². The smallest absolute Gasteiger partial charge is 0.282 e. The maximum absolute atomic E-state index is 11.5. The summed E-state index contributed by atoms with van der Waals surface area (Å²) in [6, 6.07) is 24.5. The summed E-state index contributed by atoms with van der Waals surface area (Å²) in [5.74, 6) is 0.615. The Bertz CT molecular complexity index is 1060. The summed E-state index contributed by atoms with van der Waals surface area (Å²) in [4.78, 5) is 11.1. The lowest BCUT2D eigenvalue weighted by Gasteiger charge is -2.06. The first-order valence-electron chi connectivity index (χ1n) is 8.26. The third-order valence-corrected chi connectivity index (χ3v) is 4.21. The highest BCUT2D eigenvalue weighted by atomic mass is 16.6. The minimum absolute atomic E-state index is 0.0315. The largest absolute Gasteiger partial charge is 0.456 e. The molecule has 4 aromatic rings. The lowest BCUT2D eigenvalue weighted by Crippen LogP contribution is -2.00. The molecule has 0 fully saturated rings. The zero-order valence-electron chi connectivity index (χ0n) is 13.9. The minimum Gasteiger partial charge on any atom is -0.456 e. The van der Waals surface area contributed by atoms with Crippen LogP contribution in [0.2, 0.25) is 0 Å². The van der Waals surface area contributed by atoms with Crippen molar-refractivity contribution < 1.29 is 9.34 Å². The van der Waals surface area contributed by atoms with Gasteiger partial charge in [-0.05, 0) is 11.6 Å². The van der Waals surface area contributed by atoms with Crippen LogP contribution < -0.4 is 5.32 Å². The molecule has 0 saturated heterocycles. The molecule has 0 amide bonds. The standard InChI is InChI=1S/C21H16N2O3/c24-23(25)19-11-17(22-14-15-7-3-1-4-8-15)12-21-18(19)13-20(26-21)16-9-5-2-6-10-16/h1-13,22H,14H2. The van der Waals surface area contributed by atoms with Crippen molar-refractivity contribution >= 4 is 22.3 Å². The van der Waals surface area contributed by atoms with E-state index in [0.29, 0.717) is 29.0 Å². The molecule has 4 rings (SSSR count). The van der Waals surface area contributed by atoms with Gasteiger partial charge in [0.2, 0.25) is 0 Å². The van der Waals surface area contributed by atoms with Crippen molar-refractivity contribution in [2.24, 2.45) is 0 Å². The van der Waals surface area contributed by atoms with Crippen LogP contribution in [-0.4, -0.2) is 4.92 Å². The van der Waals surface area contributed by atoms with Crippen LogP contribution in [-0.2, 0) is 6.54 Å². The number of nitrogens with one attached hydrogen (secondary N) is 1. The van der Waals surface area contributed by atoms with Crippen LogP contribution in [0.3, 0.4) is 0 Å². The van der Waals surface area contributed by atoms with Crippen LogP contribution in [0.15, 0.2) is 83.3 Å². The second-order valence-corrected chi connectivity index (χ2v) is 5.98. The second-order valence-electron chi connectivity index (χ2n) is 5.98. The van der Waals surface area contributed by atoms with E-state index in [9.17, 15) is 10.1 Å². The average molecular weight is 344 g/mol. The number of hydrogen-bond acceptors (Lipinski definition) is 4.